The van der Waals surface area contributed by atoms with Crippen molar-refractivity contribution in [1.82, 2.24) is 4.72 Å². The molecule has 1 amide bonds. The van der Waals surface area contributed by atoms with Gasteiger partial charge < -0.3 is 11.1 Å². The lowest BCUT2D eigenvalue weighted by atomic mass is 10.2. The summed E-state index contributed by atoms with van der Waals surface area (Å²) in [5.74, 6) is 1.88. The molecule has 0 heterocycles. The number of nitrogens with two attached hydrogens (primary N) is 1. The quantitative estimate of drug-likeness (QED) is 0.655. The second-order valence-electron chi connectivity index (χ2n) is 3.74. The number of sulfonamides is 1. The summed E-state index contributed by atoms with van der Waals surface area (Å²) < 4.78 is 25.2. The Kier molecular flexibility index (Phi) is 5.06. The molecule has 6 nitrogen and oxygen atoms in total. The van der Waals surface area contributed by atoms with Gasteiger partial charge in [0, 0.05) is 12.1 Å². The third-order valence-electron chi connectivity index (χ3n) is 2.38. The topological polar surface area (TPSA) is 101 Å². The second-order valence-corrected chi connectivity index (χ2v) is 5.62. The van der Waals surface area contributed by atoms with Gasteiger partial charge in [0.2, 0.25) is 15.9 Å². The van der Waals surface area contributed by atoms with E-state index < -0.39 is 22.0 Å². The van der Waals surface area contributed by atoms with Crippen LogP contribution in [0.3, 0.4) is 0 Å². The Morgan fingerprint density at radius 3 is 2.47 bits per heavy atom. The Morgan fingerprint density at radius 1 is 1.42 bits per heavy atom. The highest BCUT2D eigenvalue weighted by atomic mass is 32.2. The summed E-state index contributed by atoms with van der Waals surface area (Å²) in [7, 11) is -2.16. The van der Waals surface area contributed by atoms with E-state index in [1.807, 2.05) is 0 Å². The largest absolute Gasteiger partial charge is 0.325 e. The number of terminal acetylenes is 1. The Morgan fingerprint density at radius 2 is 2.00 bits per heavy atom. The summed E-state index contributed by atoms with van der Waals surface area (Å²) in [5, 5.41) is 2.55. The second kappa shape index (κ2) is 6.33. The van der Waals surface area contributed by atoms with E-state index in [2.05, 4.69) is 16.0 Å². The van der Waals surface area contributed by atoms with Crippen LogP contribution in [-0.4, -0.2) is 27.4 Å². The van der Waals surface area contributed by atoms with Crippen LogP contribution in [-0.2, 0) is 14.8 Å². The summed E-state index contributed by atoms with van der Waals surface area (Å²) >= 11 is 0. The van der Waals surface area contributed by atoms with Gasteiger partial charge in [-0.25, -0.2) is 13.1 Å². The molecule has 1 atom stereocenters. The molecule has 7 heteroatoms. The van der Waals surface area contributed by atoms with E-state index in [-0.39, 0.29) is 11.3 Å². The van der Waals surface area contributed by atoms with Gasteiger partial charge in [0.1, 0.15) is 0 Å². The molecular weight excluding hydrogens is 266 g/mol. The number of nitrogens with one attached hydrogen (secondary N) is 2. The van der Waals surface area contributed by atoms with Gasteiger partial charge in [-0.3, -0.25) is 4.79 Å². The molecule has 0 aliphatic rings. The van der Waals surface area contributed by atoms with Gasteiger partial charge in [-0.15, -0.1) is 12.3 Å². The van der Waals surface area contributed by atoms with E-state index in [0.717, 1.165) is 0 Å². The number of anilines is 1. The molecule has 102 valence electrons. The van der Waals surface area contributed by atoms with Crippen molar-refractivity contribution in [1.29, 1.82) is 0 Å². The van der Waals surface area contributed by atoms with Crippen molar-refractivity contribution in [2.24, 2.45) is 5.73 Å². The zero-order chi connectivity index (χ0) is 14.5. The first kappa shape index (κ1) is 15.2. The molecule has 0 saturated heterocycles. The van der Waals surface area contributed by atoms with Gasteiger partial charge in [-0.1, -0.05) is 0 Å². The van der Waals surface area contributed by atoms with Crippen LogP contribution >= 0.6 is 0 Å². The first-order valence-corrected chi connectivity index (χ1v) is 6.92. The predicted octanol–water partition coefficient (Wildman–Crippen LogP) is -0.116. The Hall–Kier alpha value is -1.88. The van der Waals surface area contributed by atoms with Gasteiger partial charge in [0.25, 0.3) is 0 Å². The lowest BCUT2D eigenvalue weighted by Crippen LogP contribution is -2.35. The van der Waals surface area contributed by atoms with Crippen LogP contribution in [0.2, 0.25) is 0 Å². The van der Waals surface area contributed by atoms with Crippen molar-refractivity contribution < 1.29 is 13.2 Å². The maximum absolute atomic E-state index is 11.6. The number of carbonyl (C=O) groups is 1. The van der Waals surface area contributed by atoms with Crippen molar-refractivity contribution in [3.63, 3.8) is 0 Å². The van der Waals surface area contributed by atoms with Crippen LogP contribution in [0.4, 0.5) is 5.69 Å². The Labute approximate surface area is 112 Å². The highest BCUT2D eigenvalue weighted by Crippen LogP contribution is 2.13. The van der Waals surface area contributed by atoms with Crippen molar-refractivity contribution in [3.8, 4) is 12.3 Å². The van der Waals surface area contributed by atoms with Crippen molar-refractivity contribution >= 4 is 21.6 Å². The Balaban J connectivity index is 2.79. The molecule has 0 spiro atoms. The average molecular weight is 281 g/mol. The fraction of sp³-hybridized carbons (Fsp3) is 0.250. The molecule has 19 heavy (non-hydrogen) atoms. The smallest absolute Gasteiger partial charge is 0.242 e. The van der Waals surface area contributed by atoms with Crippen LogP contribution in [0.1, 0.15) is 6.42 Å². The minimum absolute atomic E-state index is 0.112. The summed E-state index contributed by atoms with van der Waals surface area (Å²) in [6.45, 7) is 0. The zero-order valence-electron chi connectivity index (χ0n) is 10.4. The monoisotopic (exact) mass is 281 g/mol. The molecule has 0 aromatic heterocycles. The molecule has 0 aliphatic heterocycles. The number of amides is 1. The molecule has 0 bridgehead atoms. The van der Waals surface area contributed by atoms with E-state index in [1.165, 1.54) is 31.3 Å². The minimum atomic E-state index is -3.48. The van der Waals surface area contributed by atoms with E-state index in [1.54, 1.807) is 0 Å². The lowest BCUT2D eigenvalue weighted by molar-refractivity contribution is -0.117. The molecule has 1 aromatic carbocycles. The van der Waals surface area contributed by atoms with E-state index in [0.29, 0.717) is 5.69 Å². The molecule has 0 aliphatic carbocycles. The average Bonchev–Trinajstić information content (AvgIpc) is 2.39. The molecule has 1 unspecified atom stereocenters. The molecule has 1 aromatic rings. The molecular formula is C12H15N3O3S. The minimum Gasteiger partial charge on any atom is -0.325 e. The molecule has 4 N–H and O–H groups in total. The van der Waals surface area contributed by atoms with Crippen molar-refractivity contribution in [2.75, 3.05) is 12.4 Å². The zero-order valence-corrected chi connectivity index (χ0v) is 11.2. The standard InChI is InChI=1S/C12H15N3O3S/c1-3-4-11(13)12(16)15-9-5-7-10(8-6-9)19(17,18)14-2/h1,5-8,11,14H,4,13H2,2H3,(H,15,16). The van der Waals surface area contributed by atoms with Crippen LogP contribution in [0, 0.1) is 12.3 Å². The molecule has 0 radical (unpaired) electrons. The summed E-state index contributed by atoms with van der Waals surface area (Å²) in [5.41, 5.74) is 5.99. The van der Waals surface area contributed by atoms with Crippen molar-refractivity contribution in [2.45, 2.75) is 17.4 Å². The van der Waals surface area contributed by atoms with Gasteiger partial charge in [-0.2, -0.15) is 0 Å². The van der Waals surface area contributed by atoms with Gasteiger partial charge >= 0.3 is 0 Å². The first-order chi connectivity index (χ1) is 8.90. The normalized spacial score (nSPS) is 12.5. The number of carbonyl (C=O) groups excluding carboxylic acids is 1. The summed E-state index contributed by atoms with van der Waals surface area (Å²) in [4.78, 5) is 11.7. The molecule has 0 saturated carbocycles. The van der Waals surface area contributed by atoms with Crippen LogP contribution < -0.4 is 15.8 Å². The third-order valence-corrected chi connectivity index (χ3v) is 3.81. The fourth-order valence-corrected chi connectivity index (χ4v) is 2.02. The first-order valence-electron chi connectivity index (χ1n) is 5.44. The SMILES string of the molecule is C#CCC(N)C(=O)Nc1ccc(S(=O)(=O)NC)cc1. The number of benzene rings is 1. The maximum Gasteiger partial charge on any atom is 0.242 e. The van der Waals surface area contributed by atoms with E-state index in [4.69, 9.17) is 12.2 Å². The van der Waals surface area contributed by atoms with Gasteiger partial charge in [0.05, 0.1) is 10.9 Å². The summed E-state index contributed by atoms with van der Waals surface area (Å²) in [6, 6.07) is 4.93. The number of hydrogen-bond acceptors (Lipinski definition) is 4. The van der Waals surface area contributed by atoms with Crippen LogP contribution in [0.25, 0.3) is 0 Å². The molecule has 1 rings (SSSR count). The predicted molar refractivity (Wildman–Crippen MR) is 72.7 cm³/mol. The summed E-state index contributed by atoms with van der Waals surface area (Å²) in [6.07, 6.45) is 5.20. The fourth-order valence-electron chi connectivity index (χ4n) is 1.29. The van der Waals surface area contributed by atoms with Crippen LogP contribution in [0.15, 0.2) is 29.2 Å². The maximum atomic E-state index is 11.6. The Bertz CT molecular complexity index is 588. The number of hydrogen-bond donors (Lipinski definition) is 3. The van der Waals surface area contributed by atoms with Crippen molar-refractivity contribution in [3.05, 3.63) is 24.3 Å². The number of rotatable bonds is 5. The van der Waals surface area contributed by atoms with Gasteiger partial charge in [-0.05, 0) is 31.3 Å². The third kappa shape index (κ3) is 4.06. The van der Waals surface area contributed by atoms with E-state index in [9.17, 15) is 13.2 Å². The lowest BCUT2D eigenvalue weighted by Gasteiger charge is -2.10. The molecule has 0 fully saturated rings. The highest BCUT2D eigenvalue weighted by molar-refractivity contribution is 7.89. The highest BCUT2D eigenvalue weighted by Gasteiger charge is 2.14. The van der Waals surface area contributed by atoms with Crippen LogP contribution in [0.5, 0.6) is 0 Å². The van der Waals surface area contributed by atoms with Gasteiger partial charge in [0.15, 0.2) is 0 Å². The van der Waals surface area contributed by atoms with E-state index >= 15 is 0 Å².